The zero-order chi connectivity index (χ0) is 22.2. The van der Waals surface area contributed by atoms with Gasteiger partial charge in [0.05, 0.1) is 25.7 Å². The second-order valence-electron chi connectivity index (χ2n) is 7.20. The Hall–Kier alpha value is -3.00. The summed E-state index contributed by atoms with van der Waals surface area (Å²) in [5.74, 6) is 2.55. The van der Waals surface area contributed by atoms with Gasteiger partial charge >= 0.3 is 0 Å². The van der Waals surface area contributed by atoms with Gasteiger partial charge in [-0.25, -0.2) is 0 Å². The molecule has 7 nitrogen and oxygen atoms in total. The maximum atomic E-state index is 12.4. The number of amides is 1. The second-order valence-corrected chi connectivity index (χ2v) is 8.14. The fraction of sp³-hybridized carbons (Fsp3) is 0.348. The minimum atomic E-state index is -0.113. The summed E-state index contributed by atoms with van der Waals surface area (Å²) < 4.78 is 12.5. The predicted octanol–water partition coefficient (Wildman–Crippen LogP) is 4.05. The summed E-state index contributed by atoms with van der Waals surface area (Å²) in [4.78, 5) is 12.4. The van der Waals surface area contributed by atoms with Crippen LogP contribution in [0.3, 0.4) is 0 Å². The largest absolute Gasteiger partial charge is 0.497 e. The summed E-state index contributed by atoms with van der Waals surface area (Å²) in [5.41, 5.74) is 2.99. The van der Waals surface area contributed by atoms with Crippen molar-refractivity contribution >= 4 is 23.4 Å². The molecule has 0 saturated heterocycles. The number of aryl methyl sites for hydroxylation is 3. The third-order valence-corrected chi connectivity index (χ3v) is 5.93. The Labute approximate surface area is 187 Å². The molecule has 164 valence electrons. The molecule has 0 bridgehead atoms. The fourth-order valence-corrected chi connectivity index (χ4v) is 3.90. The van der Waals surface area contributed by atoms with Crippen molar-refractivity contribution < 1.29 is 14.3 Å². The molecule has 3 rings (SSSR count). The van der Waals surface area contributed by atoms with E-state index >= 15 is 0 Å². The maximum absolute atomic E-state index is 12.4. The van der Waals surface area contributed by atoms with Crippen LogP contribution in [0.1, 0.15) is 23.4 Å². The van der Waals surface area contributed by atoms with E-state index in [4.69, 9.17) is 9.47 Å². The van der Waals surface area contributed by atoms with Crippen LogP contribution in [0.15, 0.2) is 47.6 Å². The zero-order valence-corrected chi connectivity index (χ0v) is 19.2. The number of anilines is 1. The van der Waals surface area contributed by atoms with Gasteiger partial charge in [0.2, 0.25) is 5.91 Å². The number of rotatable bonds is 10. The molecule has 0 saturated carbocycles. The highest BCUT2D eigenvalue weighted by Gasteiger charge is 2.13. The van der Waals surface area contributed by atoms with Crippen molar-refractivity contribution in [1.82, 2.24) is 14.8 Å². The number of benzene rings is 2. The van der Waals surface area contributed by atoms with Crippen LogP contribution in [-0.2, 0) is 24.7 Å². The molecule has 0 aliphatic carbocycles. The van der Waals surface area contributed by atoms with E-state index in [9.17, 15) is 4.79 Å². The SMILES string of the molecule is COc1ccc(CCCc2nnc(SCC(=O)Nc3cc(C)ccc3OC)n2C)cc1. The molecular formula is C23H28N4O3S. The molecule has 1 N–H and O–H groups in total. The van der Waals surface area contributed by atoms with Crippen molar-refractivity contribution in [1.29, 1.82) is 0 Å². The van der Waals surface area contributed by atoms with Gasteiger partial charge in [-0.1, -0.05) is 30.0 Å². The highest BCUT2D eigenvalue weighted by Crippen LogP contribution is 2.26. The molecule has 0 fully saturated rings. The van der Waals surface area contributed by atoms with Gasteiger partial charge in [0.1, 0.15) is 17.3 Å². The number of nitrogens with one attached hydrogen (secondary N) is 1. The summed E-state index contributed by atoms with van der Waals surface area (Å²) >= 11 is 1.37. The topological polar surface area (TPSA) is 78.3 Å². The van der Waals surface area contributed by atoms with E-state index in [1.54, 1.807) is 14.2 Å². The highest BCUT2D eigenvalue weighted by molar-refractivity contribution is 7.99. The molecule has 0 aliphatic rings. The number of nitrogens with zero attached hydrogens (tertiary/aromatic N) is 3. The Kier molecular flexibility index (Phi) is 7.94. The number of carbonyl (C=O) groups excluding carboxylic acids is 1. The summed E-state index contributed by atoms with van der Waals surface area (Å²) in [5, 5.41) is 12.2. The molecular weight excluding hydrogens is 412 g/mol. The molecule has 31 heavy (non-hydrogen) atoms. The Morgan fingerprint density at radius 3 is 2.55 bits per heavy atom. The zero-order valence-electron chi connectivity index (χ0n) is 18.3. The lowest BCUT2D eigenvalue weighted by molar-refractivity contribution is -0.113. The van der Waals surface area contributed by atoms with Gasteiger partial charge in [-0.2, -0.15) is 0 Å². The molecule has 1 aromatic heterocycles. The Morgan fingerprint density at radius 1 is 1.06 bits per heavy atom. The monoisotopic (exact) mass is 440 g/mol. The van der Waals surface area contributed by atoms with Crippen molar-refractivity contribution in [2.24, 2.45) is 7.05 Å². The van der Waals surface area contributed by atoms with Crippen LogP contribution in [0.5, 0.6) is 11.5 Å². The summed E-state index contributed by atoms with van der Waals surface area (Å²) in [6.45, 7) is 1.97. The van der Waals surface area contributed by atoms with Crippen LogP contribution in [0, 0.1) is 6.92 Å². The van der Waals surface area contributed by atoms with Crippen LogP contribution in [0.2, 0.25) is 0 Å². The number of hydrogen-bond acceptors (Lipinski definition) is 6. The lowest BCUT2D eigenvalue weighted by Crippen LogP contribution is -2.15. The molecule has 0 radical (unpaired) electrons. The van der Waals surface area contributed by atoms with Crippen molar-refractivity contribution in [3.8, 4) is 11.5 Å². The molecule has 0 atom stereocenters. The number of carbonyl (C=O) groups is 1. The number of ether oxygens (including phenoxy) is 2. The smallest absolute Gasteiger partial charge is 0.234 e. The Balaban J connectivity index is 1.49. The van der Waals surface area contributed by atoms with Gasteiger partial charge in [-0.3, -0.25) is 4.79 Å². The van der Waals surface area contributed by atoms with Gasteiger partial charge in [0.15, 0.2) is 5.16 Å². The molecule has 0 unspecified atom stereocenters. The molecule has 8 heteroatoms. The van der Waals surface area contributed by atoms with Gasteiger partial charge in [-0.15, -0.1) is 10.2 Å². The van der Waals surface area contributed by atoms with Crippen LogP contribution in [0.4, 0.5) is 5.69 Å². The number of hydrogen-bond donors (Lipinski definition) is 1. The van der Waals surface area contributed by atoms with Crippen molar-refractivity contribution in [2.75, 3.05) is 25.3 Å². The summed E-state index contributed by atoms with van der Waals surface area (Å²) in [6.07, 6.45) is 2.75. The Bertz CT molecular complexity index is 1020. The van der Waals surface area contributed by atoms with Crippen molar-refractivity contribution in [3.05, 3.63) is 59.4 Å². The van der Waals surface area contributed by atoms with Crippen LogP contribution in [0.25, 0.3) is 0 Å². The normalized spacial score (nSPS) is 10.7. The molecule has 1 heterocycles. The standard InChI is InChI=1S/C23H28N4O3S/c1-16-8-13-20(30-4)19(14-16)24-22(28)15-31-23-26-25-21(27(23)2)7-5-6-17-9-11-18(29-3)12-10-17/h8-14H,5-7,15H2,1-4H3,(H,24,28). The predicted molar refractivity (Wildman–Crippen MR) is 123 cm³/mol. The van der Waals surface area contributed by atoms with Crippen LogP contribution < -0.4 is 14.8 Å². The number of thioether (sulfide) groups is 1. The van der Waals surface area contributed by atoms with Gasteiger partial charge in [0, 0.05) is 13.5 Å². The van der Waals surface area contributed by atoms with Gasteiger partial charge in [0.25, 0.3) is 0 Å². The number of aromatic nitrogens is 3. The minimum Gasteiger partial charge on any atom is -0.497 e. The quantitative estimate of drug-likeness (QED) is 0.479. The maximum Gasteiger partial charge on any atom is 0.234 e. The second kappa shape index (κ2) is 10.9. The van der Waals surface area contributed by atoms with Crippen LogP contribution in [-0.4, -0.2) is 40.6 Å². The molecule has 2 aromatic carbocycles. The van der Waals surface area contributed by atoms with E-state index in [1.165, 1.54) is 17.3 Å². The third-order valence-electron chi connectivity index (χ3n) is 4.91. The molecule has 0 aliphatic heterocycles. The number of methoxy groups -OCH3 is 2. The summed E-state index contributed by atoms with van der Waals surface area (Å²) in [7, 11) is 5.19. The first kappa shape index (κ1) is 22.7. The fourth-order valence-electron chi connectivity index (χ4n) is 3.17. The van der Waals surface area contributed by atoms with Crippen molar-refractivity contribution in [2.45, 2.75) is 31.3 Å². The van der Waals surface area contributed by atoms with Crippen LogP contribution >= 0.6 is 11.8 Å². The highest BCUT2D eigenvalue weighted by atomic mass is 32.2. The average molecular weight is 441 g/mol. The van der Waals surface area contributed by atoms with E-state index in [2.05, 4.69) is 27.6 Å². The van der Waals surface area contributed by atoms with E-state index in [0.29, 0.717) is 11.4 Å². The van der Waals surface area contributed by atoms with Gasteiger partial charge in [-0.05, 0) is 55.2 Å². The Morgan fingerprint density at radius 2 is 1.84 bits per heavy atom. The van der Waals surface area contributed by atoms with E-state index in [1.807, 2.05) is 48.9 Å². The minimum absolute atomic E-state index is 0.113. The van der Waals surface area contributed by atoms with E-state index < -0.39 is 0 Å². The molecule has 0 spiro atoms. The first-order valence-electron chi connectivity index (χ1n) is 10.1. The molecule has 3 aromatic rings. The third kappa shape index (κ3) is 6.24. The van der Waals surface area contributed by atoms with E-state index in [0.717, 1.165) is 41.6 Å². The molecule has 1 amide bonds. The average Bonchev–Trinajstić information content (AvgIpc) is 3.12. The van der Waals surface area contributed by atoms with Gasteiger partial charge < -0.3 is 19.4 Å². The van der Waals surface area contributed by atoms with Crippen molar-refractivity contribution in [3.63, 3.8) is 0 Å². The first-order valence-corrected chi connectivity index (χ1v) is 11.1. The summed E-state index contributed by atoms with van der Waals surface area (Å²) in [6, 6.07) is 13.8. The van der Waals surface area contributed by atoms with E-state index in [-0.39, 0.29) is 11.7 Å². The lowest BCUT2D eigenvalue weighted by atomic mass is 10.1. The lowest BCUT2D eigenvalue weighted by Gasteiger charge is -2.11. The first-order chi connectivity index (χ1) is 15.0.